The van der Waals surface area contributed by atoms with E-state index in [9.17, 15) is 0 Å². The number of nitrogens with one attached hydrogen (secondary N) is 2. The largest absolute Gasteiger partial charge is 0.386 e. The van der Waals surface area contributed by atoms with Crippen LogP contribution in [0.15, 0.2) is 35.7 Å². The third kappa shape index (κ3) is 5.14. The maximum Gasteiger partial charge on any atom is 0.0290 e. The van der Waals surface area contributed by atoms with Gasteiger partial charge < -0.3 is 10.6 Å². The first-order valence-electron chi connectivity index (χ1n) is 7.47. The van der Waals surface area contributed by atoms with E-state index in [0.29, 0.717) is 12.0 Å². The summed E-state index contributed by atoms with van der Waals surface area (Å²) in [6, 6.07) is 0.620. The van der Waals surface area contributed by atoms with E-state index in [2.05, 4.69) is 44.6 Å². The van der Waals surface area contributed by atoms with Crippen molar-refractivity contribution >= 4 is 0 Å². The van der Waals surface area contributed by atoms with Crippen LogP contribution in [-0.4, -0.2) is 12.6 Å². The summed E-state index contributed by atoms with van der Waals surface area (Å²) in [5, 5.41) is 7.06. The predicted molar refractivity (Wildman–Crippen MR) is 84.9 cm³/mol. The van der Waals surface area contributed by atoms with Crippen molar-refractivity contribution in [3.05, 3.63) is 35.7 Å². The summed E-state index contributed by atoms with van der Waals surface area (Å²) < 4.78 is 0. The van der Waals surface area contributed by atoms with Crippen molar-refractivity contribution in [1.82, 2.24) is 10.6 Å². The molecule has 2 nitrogen and oxygen atoms in total. The average molecular weight is 262 g/mol. The minimum atomic E-state index is 0.620. The Hall–Kier alpha value is -1.18. The molecule has 2 atom stereocenters. The normalized spacial score (nSPS) is 20.7. The molecule has 0 fully saturated rings. The van der Waals surface area contributed by atoms with Gasteiger partial charge in [0.2, 0.25) is 0 Å². The lowest BCUT2D eigenvalue weighted by Crippen LogP contribution is -2.32. The summed E-state index contributed by atoms with van der Waals surface area (Å²) in [4.78, 5) is 0. The van der Waals surface area contributed by atoms with Crippen molar-refractivity contribution in [2.45, 2.75) is 59.4 Å². The third-order valence-electron chi connectivity index (χ3n) is 4.08. The monoisotopic (exact) mass is 262 g/mol. The van der Waals surface area contributed by atoms with Gasteiger partial charge in [0.25, 0.3) is 0 Å². The number of hydrogen-bond donors (Lipinski definition) is 2. The molecule has 0 aliphatic carbocycles. The second kappa shape index (κ2) is 7.42. The zero-order valence-electron chi connectivity index (χ0n) is 13.1. The predicted octanol–water partition coefficient (Wildman–Crippen LogP) is 4.13. The van der Waals surface area contributed by atoms with Crippen LogP contribution < -0.4 is 10.6 Å². The van der Waals surface area contributed by atoms with Gasteiger partial charge in [0.15, 0.2) is 0 Å². The molecule has 1 rings (SSSR count). The molecule has 108 valence electrons. The number of allylic oxidation sites excluding steroid dienone is 3. The van der Waals surface area contributed by atoms with Gasteiger partial charge in [-0.3, -0.25) is 0 Å². The average Bonchev–Trinajstić information content (AvgIpc) is 2.37. The molecule has 0 saturated heterocycles. The molecule has 0 bridgehead atoms. The van der Waals surface area contributed by atoms with Crippen LogP contribution in [0.5, 0.6) is 0 Å². The summed E-state index contributed by atoms with van der Waals surface area (Å²) in [7, 11) is 0. The standard InChI is InChI=1S/C17H30N2/c1-7-16(11-18-15(6)12(2)3)10-17-13(4)8-9-14(5)19-17/h14,16,18-19H,2,6-11H2,1,3-5H3. The molecule has 1 aliphatic rings. The lowest BCUT2D eigenvalue weighted by molar-refractivity contribution is 0.435. The van der Waals surface area contributed by atoms with Crippen LogP contribution in [0.1, 0.15) is 53.4 Å². The molecular weight excluding hydrogens is 232 g/mol. The van der Waals surface area contributed by atoms with Crippen LogP contribution in [0.2, 0.25) is 0 Å². The first-order chi connectivity index (χ1) is 8.93. The highest BCUT2D eigenvalue weighted by Crippen LogP contribution is 2.24. The van der Waals surface area contributed by atoms with Crippen LogP contribution in [0.25, 0.3) is 0 Å². The zero-order valence-corrected chi connectivity index (χ0v) is 13.1. The van der Waals surface area contributed by atoms with Crippen molar-refractivity contribution in [1.29, 1.82) is 0 Å². The van der Waals surface area contributed by atoms with Gasteiger partial charge in [-0.25, -0.2) is 0 Å². The Kier molecular flexibility index (Phi) is 6.20. The molecule has 2 N–H and O–H groups in total. The van der Waals surface area contributed by atoms with Crippen LogP contribution in [-0.2, 0) is 0 Å². The fourth-order valence-electron chi connectivity index (χ4n) is 2.38. The van der Waals surface area contributed by atoms with Gasteiger partial charge in [-0.2, -0.15) is 0 Å². The van der Waals surface area contributed by atoms with E-state index in [0.717, 1.165) is 24.2 Å². The van der Waals surface area contributed by atoms with Gasteiger partial charge in [0, 0.05) is 24.0 Å². The van der Waals surface area contributed by atoms with Gasteiger partial charge in [0.05, 0.1) is 0 Å². The van der Waals surface area contributed by atoms with Crippen molar-refractivity contribution in [2.24, 2.45) is 5.92 Å². The van der Waals surface area contributed by atoms with Gasteiger partial charge in [-0.1, -0.05) is 32.1 Å². The summed E-state index contributed by atoms with van der Waals surface area (Å²) in [5.74, 6) is 0.652. The summed E-state index contributed by atoms with van der Waals surface area (Å²) >= 11 is 0. The summed E-state index contributed by atoms with van der Waals surface area (Å²) in [5.41, 5.74) is 4.99. The first-order valence-corrected chi connectivity index (χ1v) is 7.47. The second-order valence-corrected chi connectivity index (χ2v) is 5.96. The van der Waals surface area contributed by atoms with Gasteiger partial charge in [-0.15, -0.1) is 0 Å². The third-order valence-corrected chi connectivity index (χ3v) is 4.08. The van der Waals surface area contributed by atoms with Crippen molar-refractivity contribution < 1.29 is 0 Å². The van der Waals surface area contributed by atoms with E-state index in [1.165, 1.54) is 30.5 Å². The van der Waals surface area contributed by atoms with E-state index in [4.69, 9.17) is 0 Å². The summed E-state index contributed by atoms with van der Waals surface area (Å²) in [6.45, 7) is 17.7. The molecule has 0 spiro atoms. The quantitative estimate of drug-likeness (QED) is 0.674. The van der Waals surface area contributed by atoms with Crippen LogP contribution >= 0.6 is 0 Å². The SMILES string of the molecule is C=C(C)C(=C)NCC(CC)CC1=C(C)CCC(C)N1. The molecule has 2 heteroatoms. The highest BCUT2D eigenvalue weighted by atomic mass is 14.9. The molecule has 1 aliphatic heterocycles. The Labute approximate surface area is 119 Å². The Morgan fingerprint density at radius 2 is 2.16 bits per heavy atom. The van der Waals surface area contributed by atoms with E-state index < -0.39 is 0 Å². The van der Waals surface area contributed by atoms with Gasteiger partial charge in [-0.05, 0) is 51.5 Å². The minimum Gasteiger partial charge on any atom is -0.386 e. The molecule has 0 aromatic carbocycles. The van der Waals surface area contributed by atoms with E-state index >= 15 is 0 Å². The Balaban J connectivity index is 2.52. The molecular formula is C17H30N2. The summed E-state index contributed by atoms with van der Waals surface area (Å²) in [6.07, 6.45) is 4.83. The Bertz CT molecular complexity index is 365. The minimum absolute atomic E-state index is 0.620. The molecule has 0 aromatic heterocycles. The topological polar surface area (TPSA) is 24.1 Å². The highest BCUT2D eigenvalue weighted by molar-refractivity contribution is 5.21. The molecule has 0 saturated carbocycles. The smallest absolute Gasteiger partial charge is 0.0290 e. The molecule has 19 heavy (non-hydrogen) atoms. The molecule has 0 aromatic rings. The lowest BCUT2D eigenvalue weighted by Gasteiger charge is -2.28. The van der Waals surface area contributed by atoms with E-state index in [-0.39, 0.29) is 0 Å². The van der Waals surface area contributed by atoms with Crippen molar-refractivity contribution in [3.63, 3.8) is 0 Å². The maximum absolute atomic E-state index is 4.00. The second-order valence-electron chi connectivity index (χ2n) is 5.96. The fourth-order valence-corrected chi connectivity index (χ4v) is 2.38. The highest BCUT2D eigenvalue weighted by Gasteiger charge is 2.17. The number of hydrogen-bond acceptors (Lipinski definition) is 2. The molecule has 0 radical (unpaired) electrons. The van der Waals surface area contributed by atoms with Crippen molar-refractivity contribution in [2.75, 3.05) is 6.54 Å². The first kappa shape index (κ1) is 15.9. The Morgan fingerprint density at radius 3 is 2.74 bits per heavy atom. The fraction of sp³-hybridized carbons (Fsp3) is 0.647. The van der Waals surface area contributed by atoms with Crippen LogP contribution in [0.4, 0.5) is 0 Å². The molecule has 2 unspecified atom stereocenters. The van der Waals surface area contributed by atoms with E-state index in [1.807, 2.05) is 6.92 Å². The number of rotatable bonds is 7. The zero-order chi connectivity index (χ0) is 14.4. The maximum atomic E-state index is 4.00. The lowest BCUT2D eigenvalue weighted by atomic mass is 9.92. The Morgan fingerprint density at radius 1 is 1.47 bits per heavy atom. The van der Waals surface area contributed by atoms with E-state index in [1.54, 1.807) is 0 Å². The molecule has 1 heterocycles. The van der Waals surface area contributed by atoms with Gasteiger partial charge >= 0.3 is 0 Å². The van der Waals surface area contributed by atoms with Crippen LogP contribution in [0, 0.1) is 5.92 Å². The molecule has 0 amide bonds. The van der Waals surface area contributed by atoms with Crippen molar-refractivity contribution in [3.8, 4) is 0 Å². The van der Waals surface area contributed by atoms with Crippen LogP contribution in [0.3, 0.4) is 0 Å². The van der Waals surface area contributed by atoms with Gasteiger partial charge in [0.1, 0.15) is 0 Å².